The van der Waals surface area contributed by atoms with E-state index in [-0.39, 0.29) is 24.0 Å². The number of hydrogen-bond acceptors (Lipinski definition) is 5. The first kappa shape index (κ1) is 24.3. The van der Waals surface area contributed by atoms with Crippen LogP contribution in [0.15, 0.2) is 84.1 Å². The zero-order chi connectivity index (χ0) is 26.1. The van der Waals surface area contributed by atoms with Crippen molar-refractivity contribution in [3.05, 3.63) is 101 Å². The summed E-state index contributed by atoms with van der Waals surface area (Å²) in [6.07, 6.45) is 1.00. The third-order valence-electron chi connectivity index (χ3n) is 7.23. The number of primary amides is 1. The van der Waals surface area contributed by atoms with E-state index in [9.17, 15) is 14.4 Å². The second kappa shape index (κ2) is 9.93. The van der Waals surface area contributed by atoms with Crippen molar-refractivity contribution in [2.75, 3.05) is 19.1 Å². The van der Waals surface area contributed by atoms with Crippen LogP contribution in [-0.2, 0) is 9.59 Å². The predicted octanol–water partition coefficient (Wildman–Crippen LogP) is 4.72. The largest absolute Gasteiger partial charge is 0.497 e. The number of ketones is 1. The summed E-state index contributed by atoms with van der Waals surface area (Å²) in [6.45, 7) is 0. The summed E-state index contributed by atoms with van der Waals surface area (Å²) in [6, 6.07) is 22.0. The van der Waals surface area contributed by atoms with Crippen molar-refractivity contribution < 1.29 is 23.9 Å². The second-order valence-electron chi connectivity index (χ2n) is 9.30. The van der Waals surface area contributed by atoms with E-state index in [1.807, 2.05) is 42.5 Å². The zero-order valence-corrected chi connectivity index (χ0v) is 20.8. The lowest BCUT2D eigenvalue weighted by Crippen LogP contribution is -2.42. The number of rotatable bonds is 6. The number of Topliss-reactive ketones (excluding diaryl/α,β-unsaturated/α-hetero) is 1. The third kappa shape index (κ3) is 4.48. The van der Waals surface area contributed by atoms with Gasteiger partial charge in [-0.25, -0.2) is 0 Å². The van der Waals surface area contributed by atoms with Gasteiger partial charge < -0.3 is 15.2 Å². The molecular weight excluding hydrogens is 468 g/mol. The summed E-state index contributed by atoms with van der Waals surface area (Å²) < 4.78 is 11.0. The first-order valence-electron chi connectivity index (χ1n) is 12.2. The van der Waals surface area contributed by atoms with Crippen LogP contribution in [0.2, 0.25) is 0 Å². The smallest absolute Gasteiger partial charge is 0.248 e. The minimum atomic E-state index is -0.542. The van der Waals surface area contributed by atoms with Gasteiger partial charge in [0, 0.05) is 52.9 Å². The molecule has 1 aliphatic heterocycles. The van der Waals surface area contributed by atoms with Crippen LogP contribution >= 0.6 is 0 Å². The highest BCUT2D eigenvalue weighted by Gasteiger charge is 2.43. The number of benzene rings is 3. The van der Waals surface area contributed by atoms with Crippen LogP contribution in [0.1, 0.15) is 52.6 Å². The maximum absolute atomic E-state index is 13.8. The van der Waals surface area contributed by atoms with Gasteiger partial charge in [0.25, 0.3) is 0 Å². The van der Waals surface area contributed by atoms with E-state index in [2.05, 4.69) is 0 Å². The lowest BCUT2D eigenvalue weighted by Gasteiger charge is -2.40. The topological polar surface area (TPSA) is 98.9 Å². The molecule has 2 N–H and O–H groups in total. The molecule has 2 aliphatic rings. The molecule has 7 nitrogen and oxygen atoms in total. The van der Waals surface area contributed by atoms with E-state index in [0.717, 1.165) is 11.1 Å². The summed E-state index contributed by atoms with van der Waals surface area (Å²) in [5.41, 5.74) is 9.53. The molecule has 0 aromatic heterocycles. The molecule has 5 rings (SSSR count). The molecule has 0 spiro atoms. The molecule has 2 amide bonds. The highest BCUT2D eigenvalue weighted by atomic mass is 16.5. The first-order chi connectivity index (χ1) is 17.9. The quantitative estimate of drug-likeness (QED) is 0.532. The normalized spacial score (nSPS) is 19.5. The fourth-order valence-corrected chi connectivity index (χ4v) is 5.44. The van der Waals surface area contributed by atoms with Gasteiger partial charge in [0.05, 0.1) is 14.2 Å². The number of allylic oxidation sites excluding steroid dienone is 2. The lowest BCUT2D eigenvalue weighted by molar-refractivity contribution is -0.120. The molecule has 0 radical (unpaired) electrons. The maximum atomic E-state index is 13.8. The van der Waals surface area contributed by atoms with Crippen molar-refractivity contribution >= 4 is 23.3 Å². The van der Waals surface area contributed by atoms with Gasteiger partial charge in [-0.1, -0.05) is 36.4 Å². The van der Waals surface area contributed by atoms with Gasteiger partial charge in [0.15, 0.2) is 5.78 Å². The average molecular weight is 497 g/mol. The fourth-order valence-electron chi connectivity index (χ4n) is 5.44. The highest BCUT2D eigenvalue weighted by Crippen LogP contribution is 2.48. The van der Waals surface area contributed by atoms with Gasteiger partial charge in [-0.15, -0.1) is 0 Å². The van der Waals surface area contributed by atoms with Gasteiger partial charge in [0.1, 0.15) is 11.5 Å². The second-order valence-corrected chi connectivity index (χ2v) is 9.30. The van der Waals surface area contributed by atoms with Gasteiger partial charge in [-0.05, 0) is 48.2 Å². The van der Waals surface area contributed by atoms with Gasteiger partial charge >= 0.3 is 0 Å². The standard InChI is InChI=1S/C30H28N2O5/c1-36-22-12-13-23(27(16-22)37-2)24-17-28(34)32(21-10-8-19(9-11-21)30(31)35)25-14-20(15-26(33)29(24)25)18-6-4-3-5-7-18/h3-13,16,20,24H,14-15,17H2,1-2H3,(H2,31,35). The van der Waals surface area contributed by atoms with E-state index >= 15 is 0 Å². The minimum absolute atomic E-state index is 0.0178. The average Bonchev–Trinajstić information content (AvgIpc) is 2.92. The summed E-state index contributed by atoms with van der Waals surface area (Å²) in [5.74, 6) is 0.0607. The summed E-state index contributed by atoms with van der Waals surface area (Å²) >= 11 is 0. The number of hydrogen-bond donors (Lipinski definition) is 1. The molecule has 0 bridgehead atoms. The molecule has 2 unspecified atom stereocenters. The molecule has 2 atom stereocenters. The highest BCUT2D eigenvalue weighted by molar-refractivity contribution is 6.08. The van der Waals surface area contributed by atoms with Gasteiger partial charge in [0.2, 0.25) is 11.8 Å². The van der Waals surface area contributed by atoms with Crippen LogP contribution in [-0.4, -0.2) is 31.8 Å². The molecule has 0 fully saturated rings. The molecule has 3 aromatic rings. The molecule has 3 aromatic carbocycles. The van der Waals surface area contributed by atoms with Gasteiger partial charge in [-0.2, -0.15) is 0 Å². The van der Waals surface area contributed by atoms with Crippen LogP contribution in [0.3, 0.4) is 0 Å². The molecular formula is C30H28N2O5. The fraction of sp³-hybridized carbons (Fsp3) is 0.233. The number of nitrogens with zero attached hydrogens (tertiary/aromatic N) is 1. The summed E-state index contributed by atoms with van der Waals surface area (Å²) in [4.78, 5) is 40.8. The van der Waals surface area contributed by atoms with Crippen LogP contribution < -0.4 is 20.1 Å². The Labute approximate surface area is 215 Å². The van der Waals surface area contributed by atoms with Crippen molar-refractivity contribution in [2.24, 2.45) is 5.73 Å². The Bertz CT molecular complexity index is 1400. The molecule has 1 heterocycles. The number of carbonyl (C=O) groups excluding carboxylic acids is 3. The first-order valence-corrected chi connectivity index (χ1v) is 12.2. The van der Waals surface area contributed by atoms with Crippen molar-refractivity contribution in [3.63, 3.8) is 0 Å². The number of anilines is 1. The van der Waals surface area contributed by atoms with E-state index in [1.54, 1.807) is 49.5 Å². The number of ether oxygens (including phenoxy) is 2. The molecule has 188 valence electrons. The number of carbonyl (C=O) groups is 3. The Morgan fingerprint density at radius 2 is 1.62 bits per heavy atom. The Hall–Kier alpha value is -4.39. The third-order valence-corrected chi connectivity index (χ3v) is 7.23. The number of nitrogens with two attached hydrogens (primary N) is 1. The van der Waals surface area contributed by atoms with Crippen LogP contribution in [0, 0.1) is 0 Å². The monoisotopic (exact) mass is 496 g/mol. The van der Waals surface area contributed by atoms with E-state index in [4.69, 9.17) is 15.2 Å². The minimum Gasteiger partial charge on any atom is -0.497 e. The number of amides is 2. The molecule has 37 heavy (non-hydrogen) atoms. The van der Waals surface area contributed by atoms with Crippen LogP contribution in [0.4, 0.5) is 5.69 Å². The van der Waals surface area contributed by atoms with Crippen LogP contribution in [0.5, 0.6) is 11.5 Å². The Balaban J connectivity index is 1.66. The summed E-state index contributed by atoms with van der Waals surface area (Å²) in [7, 11) is 3.15. The number of methoxy groups -OCH3 is 2. The zero-order valence-electron chi connectivity index (χ0n) is 20.8. The Morgan fingerprint density at radius 1 is 0.892 bits per heavy atom. The van der Waals surface area contributed by atoms with Crippen molar-refractivity contribution in [1.82, 2.24) is 0 Å². The van der Waals surface area contributed by atoms with Crippen molar-refractivity contribution in [2.45, 2.75) is 31.1 Å². The van der Waals surface area contributed by atoms with Gasteiger partial charge in [-0.3, -0.25) is 19.3 Å². The van der Waals surface area contributed by atoms with Crippen molar-refractivity contribution in [1.29, 1.82) is 0 Å². The Kier molecular flexibility index (Phi) is 6.53. The van der Waals surface area contributed by atoms with E-state index < -0.39 is 11.8 Å². The SMILES string of the molecule is COc1ccc(C2CC(=O)N(c3ccc(C(N)=O)cc3)C3=C2C(=O)CC(c2ccccc2)C3)c(OC)c1. The lowest BCUT2D eigenvalue weighted by atomic mass is 9.72. The van der Waals surface area contributed by atoms with Crippen LogP contribution in [0.25, 0.3) is 0 Å². The predicted molar refractivity (Wildman–Crippen MR) is 140 cm³/mol. The summed E-state index contributed by atoms with van der Waals surface area (Å²) in [5, 5.41) is 0. The maximum Gasteiger partial charge on any atom is 0.248 e. The Morgan fingerprint density at radius 3 is 2.27 bits per heavy atom. The molecule has 0 saturated carbocycles. The molecule has 0 saturated heterocycles. The van der Waals surface area contributed by atoms with E-state index in [1.165, 1.54) is 0 Å². The molecule has 7 heteroatoms. The molecule has 1 aliphatic carbocycles. The van der Waals surface area contributed by atoms with E-state index in [0.29, 0.717) is 46.9 Å². The van der Waals surface area contributed by atoms with Crippen molar-refractivity contribution in [3.8, 4) is 11.5 Å².